The van der Waals surface area contributed by atoms with Crippen molar-refractivity contribution in [2.45, 2.75) is 81.5 Å². The van der Waals surface area contributed by atoms with Crippen LogP contribution >= 0.6 is 0 Å². The standard InChI is InChI=1S/C20H30O3/c1-17(18(21)11-5-2-6-12-18,19(22)13-7-3-8-14-19)20(23)15-9-4-10-16-20/h5,7,9,11,13,15,21-23H,2-4,6,8,10,12,14,16H2,1H3. The summed E-state index contributed by atoms with van der Waals surface area (Å²) in [6.07, 6.45) is 18.7. The number of hydrogen-bond acceptors (Lipinski definition) is 3. The van der Waals surface area contributed by atoms with Crippen LogP contribution in [0.1, 0.15) is 64.7 Å². The molecular formula is C20H30O3. The number of hydrogen-bond donors (Lipinski definition) is 3. The molecule has 0 aromatic rings. The van der Waals surface area contributed by atoms with E-state index in [1.165, 1.54) is 0 Å². The molecule has 0 aromatic heterocycles. The lowest BCUT2D eigenvalue weighted by molar-refractivity contribution is -0.233. The lowest BCUT2D eigenvalue weighted by atomic mass is 9.49. The number of rotatable bonds is 3. The summed E-state index contributed by atoms with van der Waals surface area (Å²) >= 11 is 0. The van der Waals surface area contributed by atoms with E-state index < -0.39 is 22.2 Å². The highest BCUT2D eigenvalue weighted by Gasteiger charge is 2.66. The number of allylic oxidation sites excluding steroid dienone is 3. The van der Waals surface area contributed by atoms with Crippen molar-refractivity contribution in [3.05, 3.63) is 36.5 Å². The van der Waals surface area contributed by atoms with Crippen LogP contribution in [0.5, 0.6) is 0 Å². The maximum atomic E-state index is 11.6. The van der Waals surface area contributed by atoms with Crippen molar-refractivity contribution in [2.75, 3.05) is 0 Å². The summed E-state index contributed by atoms with van der Waals surface area (Å²) in [5, 5.41) is 34.7. The van der Waals surface area contributed by atoms with Crippen LogP contribution in [0.4, 0.5) is 0 Å². The van der Waals surface area contributed by atoms with Gasteiger partial charge < -0.3 is 15.3 Å². The minimum atomic E-state index is -1.21. The lowest BCUT2D eigenvalue weighted by Crippen LogP contribution is -2.70. The lowest BCUT2D eigenvalue weighted by Gasteiger charge is -2.60. The van der Waals surface area contributed by atoms with Crippen molar-refractivity contribution < 1.29 is 15.3 Å². The molecule has 0 aliphatic heterocycles. The van der Waals surface area contributed by atoms with E-state index in [1.807, 2.05) is 43.4 Å². The van der Waals surface area contributed by atoms with Gasteiger partial charge in [-0.05, 0) is 57.8 Å². The highest BCUT2D eigenvalue weighted by molar-refractivity contribution is 5.32. The Kier molecular flexibility index (Phi) is 4.33. The van der Waals surface area contributed by atoms with Crippen molar-refractivity contribution in [3.8, 4) is 0 Å². The molecule has 3 aliphatic carbocycles. The smallest absolute Gasteiger partial charge is 0.0942 e. The molecule has 3 rings (SSSR count). The SMILES string of the molecule is CC(C1(O)C=CCCC1)(C1(O)C=CCCC1)C1(O)C=CCCC1. The van der Waals surface area contributed by atoms with E-state index in [1.54, 1.807) is 0 Å². The summed E-state index contributed by atoms with van der Waals surface area (Å²) in [6.45, 7) is 1.88. The van der Waals surface area contributed by atoms with Crippen LogP contribution in [0, 0.1) is 5.41 Å². The maximum absolute atomic E-state index is 11.6. The van der Waals surface area contributed by atoms with Crippen LogP contribution in [0.2, 0.25) is 0 Å². The van der Waals surface area contributed by atoms with Gasteiger partial charge in [-0.15, -0.1) is 0 Å². The predicted molar refractivity (Wildman–Crippen MR) is 91.9 cm³/mol. The first-order valence-corrected chi connectivity index (χ1v) is 9.07. The number of aliphatic hydroxyl groups is 3. The highest BCUT2D eigenvalue weighted by Crippen LogP contribution is 2.58. The minimum Gasteiger partial charge on any atom is -0.385 e. The van der Waals surface area contributed by atoms with Crippen molar-refractivity contribution in [1.82, 2.24) is 0 Å². The summed E-state index contributed by atoms with van der Waals surface area (Å²) in [6, 6.07) is 0. The van der Waals surface area contributed by atoms with Gasteiger partial charge in [0, 0.05) is 0 Å². The second kappa shape index (κ2) is 5.87. The molecular weight excluding hydrogens is 288 g/mol. The van der Waals surface area contributed by atoms with Crippen LogP contribution in [-0.4, -0.2) is 32.1 Å². The molecule has 0 bridgehead atoms. The van der Waals surface area contributed by atoms with Gasteiger partial charge >= 0.3 is 0 Å². The van der Waals surface area contributed by atoms with Crippen LogP contribution in [0.15, 0.2) is 36.5 Å². The predicted octanol–water partition coefficient (Wildman–Crippen LogP) is 3.41. The second-order valence-electron chi connectivity index (χ2n) is 7.78. The van der Waals surface area contributed by atoms with Gasteiger partial charge in [0.25, 0.3) is 0 Å². The van der Waals surface area contributed by atoms with Gasteiger partial charge in [0.1, 0.15) is 0 Å². The van der Waals surface area contributed by atoms with Gasteiger partial charge in [0.15, 0.2) is 0 Å². The summed E-state index contributed by atoms with van der Waals surface area (Å²) in [4.78, 5) is 0. The van der Waals surface area contributed by atoms with E-state index in [0.717, 1.165) is 38.5 Å². The van der Waals surface area contributed by atoms with Crippen LogP contribution < -0.4 is 0 Å². The molecule has 3 heteroatoms. The molecule has 128 valence electrons. The molecule has 23 heavy (non-hydrogen) atoms. The van der Waals surface area contributed by atoms with Crippen molar-refractivity contribution in [3.63, 3.8) is 0 Å². The summed E-state index contributed by atoms with van der Waals surface area (Å²) < 4.78 is 0. The average Bonchev–Trinajstić information content (AvgIpc) is 2.56. The Morgan fingerprint density at radius 2 is 0.957 bits per heavy atom. The van der Waals surface area contributed by atoms with E-state index in [4.69, 9.17) is 0 Å². The molecule has 0 aromatic carbocycles. The Hall–Kier alpha value is -0.900. The molecule has 0 saturated heterocycles. The molecule has 0 saturated carbocycles. The molecule has 0 spiro atoms. The molecule has 3 atom stereocenters. The van der Waals surface area contributed by atoms with Crippen molar-refractivity contribution >= 4 is 0 Å². The molecule has 0 radical (unpaired) electrons. The topological polar surface area (TPSA) is 60.7 Å². The first kappa shape index (κ1) is 16.9. The third-order valence-electron chi connectivity index (χ3n) is 6.56. The highest BCUT2D eigenvalue weighted by atomic mass is 16.3. The van der Waals surface area contributed by atoms with E-state index in [-0.39, 0.29) is 0 Å². The Labute approximate surface area is 139 Å². The van der Waals surface area contributed by atoms with Crippen molar-refractivity contribution in [2.24, 2.45) is 5.41 Å². The van der Waals surface area contributed by atoms with Crippen LogP contribution in [0.3, 0.4) is 0 Å². The summed E-state index contributed by atoms with van der Waals surface area (Å²) in [7, 11) is 0. The minimum absolute atomic E-state index is 0.576. The normalized spacial score (nSPS) is 43.3. The second-order valence-corrected chi connectivity index (χ2v) is 7.78. The van der Waals surface area contributed by atoms with Gasteiger partial charge in [-0.3, -0.25) is 0 Å². The third kappa shape index (κ3) is 2.45. The van der Waals surface area contributed by atoms with Gasteiger partial charge in [-0.2, -0.15) is 0 Å². The average molecular weight is 318 g/mol. The maximum Gasteiger partial charge on any atom is 0.0942 e. The van der Waals surface area contributed by atoms with Gasteiger partial charge in [0.05, 0.1) is 22.2 Å². The van der Waals surface area contributed by atoms with E-state index in [2.05, 4.69) is 0 Å². The Morgan fingerprint density at radius 3 is 1.17 bits per heavy atom. The monoisotopic (exact) mass is 318 g/mol. The Bertz CT molecular complexity index is 461. The third-order valence-corrected chi connectivity index (χ3v) is 6.56. The molecule has 3 nitrogen and oxygen atoms in total. The Morgan fingerprint density at radius 1 is 0.652 bits per heavy atom. The molecule has 0 amide bonds. The zero-order valence-electron chi connectivity index (χ0n) is 14.2. The molecule has 0 heterocycles. The first-order chi connectivity index (χ1) is 10.9. The van der Waals surface area contributed by atoms with E-state index >= 15 is 0 Å². The van der Waals surface area contributed by atoms with Gasteiger partial charge in [0.2, 0.25) is 0 Å². The van der Waals surface area contributed by atoms with Crippen molar-refractivity contribution in [1.29, 1.82) is 0 Å². The largest absolute Gasteiger partial charge is 0.385 e. The molecule has 3 aliphatic rings. The van der Waals surface area contributed by atoms with E-state index in [9.17, 15) is 15.3 Å². The van der Waals surface area contributed by atoms with Crippen LogP contribution in [0.25, 0.3) is 0 Å². The fourth-order valence-corrected chi connectivity index (χ4v) is 4.93. The zero-order chi connectivity index (χ0) is 16.6. The summed E-state index contributed by atoms with van der Waals surface area (Å²) in [5.74, 6) is 0. The molecule has 3 N–H and O–H groups in total. The summed E-state index contributed by atoms with van der Waals surface area (Å²) in [5.41, 5.74) is -4.70. The van der Waals surface area contributed by atoms with E-state index in [0.29, 0.717) is 19.3 Å². The fraction of sp³-hybridized carbons (Fsp3) is 0.700. The van der Waals surface area contributed by atoms with Gasteiger partial charge in [-0.1, -0.05) is 43.4 Å². The zero-order valence-corrected chi connectivity index (χ0v) is 14.2. The van der Waals surface area contributed by atoms with Crippen LogP contribution in [-0.2, 0) is 0 Å². The Balaban J connectivity index is 2.17. The first-order valence-electron chi connectivity index (χ1n) is 9.07. The fourth-order valence-electron chi connectivity index (χ4n) is 4.93. The molecule has 0 fully saturated rings. The van der Waals surface area contributed by atoms with Gasteiger partial charge in [-0.25, -0.2) is 0 Å². The molecule has 3 unspecified atom stereocenters. The quantitative estimate of drug-likeness (QED) is 0.699.